The minimum atomic E-state index is 0.169. The Hall–Kier alpha value is -2.27. The highest BCUT2D eigenvalue weighted by molar-refractivity contribution is 5.96. The first kappa shape index (κ1) is 16.2. The number of hydrogen-bond donors (Lipinski definition) is 1. The number of likely N-dealkylation sites (tertiary alicyclic amines) is 1. The predicted octanol–water partition coefficient (Wildman–Crippen LogP) is 2.39. The maximum absolute atomic E-state index is 13.1. The monoisotopic (exact) mass is 339 g/mol. The molecule has 1 amide bonds. The van der Waals surface area contributed by atoms with E-state index in [1.165, 1.54) is 0 Å². The summed E-state index contributed by atoms with van der Waals surface area (Å²) in [5.74, 6) is 2.24. The largest absolute Gasteiger partial charge is 0.497 e. The molecule has 2 fully saturated rings. The molecular weight excluding hydrogens is 314 g/mol. The van der Waals surface area contributed by atoms with Crippen LogP contribution in [0.1, 0.15) is 21.7 Å². The summed E-state index contributed by atoms with van der Waals surface area (Å²) in [6.07, 6.45) is 0. The van der Waals surface area contributed by atoms with Crippen molar-refractivity contribution in [2.24, 2.45) is 11.8 Å². The van der Waals surface area contributed by atoms with Crippen molar-refractivity contribution in [3.63, 3.8) is 0 Å². The van der Waals surface area contributed by atoms with E-state index in [1.54, 1.807) is 7.11 Å². The van der Waals surface area contributed by atoms with Crippen molar-refractivity contribution in [1.29, 1.82) is 0 Å². The van der Waals surface area contributed by atoms with Gasteiger partial charge in [0, 0.05) is 43.3 Å². The fourth-order valence-corrected chi connectivity index (χ4v) is 4.30. The van der Waals surface area contributed by atoms with Gasteiger partial charge >= 0.3 is 0 Å². The molecule has 1 aromatic carbocycles. The number of ether oxygens (including phenoxy) is 1. The summed E-state index contributed by atoms with van der Waals surface area (Å²) in [4.78, 5) is 15.1. The number of fused-ring (bicyclic) bond motifs is 1. The van der Waals surface area contributed by atoms with Crippen LogP contribution in [0.2, 0.25) is 0 Å². The Morgan fingerprint density at radius 2 is 1.76 bits per heavy atom. The standard InChI is InChI=1S/C20H25N3O2/c1-13-8-19(20(24)22-11-15-9-21-10-16(15)12-22)14(2)23(13)17-4-6-18(25-3)7-5-17/h4-8,15-16,21H,9-12H2,1-3H3/t15-,16+. The molecule has 0 radical (unpaired) electrons. The molecule has 0 saturated carbocycles. The Balaban J connectivity index is 1.62. The number of carbonyl (C=O) groups is 1. The Labute approximate surface area is 148 Å². The SMILES string of the molecule is COc1ccc(-n2c(C)cc(C(=O)N3C[C@H]4CNC[C@H]4C3)c2C)cc1. The average Bonchev–Trinajstić information content (AvgIpc) is 3.28. The second kappa shape index (κ2) is 6.23. The van der Waals surface area contributed by atoms with E-state index >= 15 is 0 Å². The number of aryl methyl sites for hydroxylation is 1. The first-order chi connectivity index (χ1) is 12.1. The van der Waals surface area contributed by atoms with Gasteiger partial charge < -0.3 is 19.5 Å². The number of benzene rings is 1. The Morgan fingerprint density at radius 3 is 2.36 bits per heavy atom. The van der Waals surface area contributed by atoms with Gasteiger partial charge in [-0.1, -0.05) is 0 Å². The van der Waals surface area contributed by atoms with Crippen molar-refractivity contribution in [2.45, 2.75) is 13.8 Å². The molecule has 4 rings (SSSR count). The lowest BCUT2D eigenvalue weighted by Gasteiger charge is -2.18. The highest BCUT2D eigenvalue weighted by Crippen LogP contribution is 2.29. The molecule has 2 atom stereocenters. The third-order valence-corrected chi connectivity index (χ3v) is 5.67. The van der Waals surface area contributed by atoms with Crippen LogP contribution in [-0.4, -0.2) is 48.7 Å². The van der Waals surface area contributed by atoms with Crippen LogP contribution in [0.4, 0.5) is 0 Å². The van der Waals surface area contributed by atoms with Crippen LogP contribution in [0.3, 0.4) is 0 Å². The fourth-order valence-electron chi connectivity index (χ4n) is 4.30. The minimum absolute atomic E-state index is 0.169. The molecule has 0 spiro atoms. The molecule has 1 N–H and O–H groups in total. The van der Waals surface area contributed by atoms with Crippen LogP contribution >= 0.6 is 0 Å². The van der Waals surface area contributed by atoms with Gasteiger partial charge in [-0.25, -0.2) is 0 Å². The molecule has 5 nitrogen and oxygen atoms in total. The van der Waals surface area contributed by atoms with Gasteiger partial charge in [0.1, 0.15) is 5.75 Å². The van der Waals surface area contributed by atoms with E-state index in [9.17, 15) is 4.79 Å². The zero-order valence-corrected chi connectivity index (χ0v) is 15.1. The van der Waals surface area contributed by atoms with Crippen LogP contribution < -0.4 is 10.1 Å². The summed E-state index contributed by atoms with van der Waals surface area (Å²) < 4.78 is 7.38. The predicted molar refractivity (Wildman–Crippen MR) is 97.5 cm³/mol. The topological polar surface area (TPSA) is 46.5 Å². The molecule has 132 valence electrons. The number of nitrogens with one attached hydrogen (secondary N) is 1. The van der Waals surface area contributed by atoms with E-state index < -0.39 is 0 Å². The lowest BCUT2D eigenvalue weighted by atomic mass is 10.0. The Kier molecular flexibility index (Phi) is 4.04. The summed E-state index contributed by atoms with van der Waals surface area (Å²) in [6.45, 7) is 7.92. The van der Waals surface area contributed by atoms with Crippen LogP contribution in [0.5, 0.6) is 5.75 Å². The molecule has 2 aliphatic heterocycles. The molecule has 25 heavy (non-hydrogen) atoms. The highest BCUT2D eigenvalue weighted by Gasteiger charge is 2.38. The number of carbonyl (C=O) groups excluding carboxylic acids is 1. The molecule has 5 heteroatoms. The summed E-state index contributed by atoms with van der Waals surface area (Å²) in [6, 6.07) is 9.97. The minimum Gasteiger partial charge on any atom is -0.497 e. The number of methoxy groups -OCH3 is 1. The lowest BCUT2D eigenvalue weighted by molar-refractivity contribution is 0.0781. The average molecular weight is 339 g/mol. The van der Waals surface area contributed by atoms with E-state index in [-0.39, 0.29) is 5.91 Å². The maximum atomic E-state index is 13.1. The summed E-state index contributed by atoms with van der Waals surface area (Å²) in [5, 5.41) is 3.43. The molecule has 1 aromatic heterocycles. The molecule has 0 unspecified atom stereocenters. The summed E-state index contributed by atoms with van der Waals surface area (Å²) in [7, 11) is 1.67. The van der Waals surface area contributed by atoms with Gasteiger partial charge in [-0.15, -0.1) is 0 Å². The highest BCUT2D eigenvalue weighted by atomic mass is 16.5. The first-order valence-corrected chi connectivity index (χ1v) is 8.92. The normalized spacial score (nSPS) is 22.3. The van der Waals surface area contributed by atoms with Gasteiger partial charge in [-0.2, -0.15) is 0 Å². The Bertz CT molecular complexity index is 782. The molecule has 2 aliphatic rings. The van der Waals surface area contributed by atoms with Gasteiger partial charge in [-0.3, -0.25) is 4.79 Å². The quantitative estimate of drug-likeness (QED) is 0.934. The zero-order chi connectivity index (χ0) is 17.6. The second-order valence-corrected chi connectivity index (χ2v) is 7.21. The van der Waals surface area contributed by atoms with Crippen LogP contribution in [-0.2, 0) is 0 Å². The van der Waals surface area contributed by atoms with Crippen molar-refractivity contribution in [3.8, 4) is 11.4 Å². The van der Waals surface area contributed by atoms with Crippen LogP contribution in [0.25, 0.3) is 5.69 Å². The van der Waals surface area contributed by atoms with E-state index in [2.05, 4.69) is 16.8 Å². The van der Waals surface area contributed by atoms with E-state index in [4.69, 9.17) is 4.74 Å². The molecular formula is C20H25N3O2. The van der Waals surface area contributed by atoms with Crippen LogP contribution in [0, 0.1) is 25.7 Å². The van der Waals surface area contributed by atoms with E-state index in [0.717, 1.165) is 54.6 Å². The third kappa shape index (κ3) is 2.72. The zero-order valence-electron chi connectivity index (χ0n) is 15.1. The van der Waals surface area contributed by atoms with E-state index in [1.807, 2.05) is 42.2 Å². The number of nitrogens with zero attached hydrogens (tertiary/aromatic N) is 2. The van der Waals surface area contributed by atoms with Crippen molar-refractivity contribution in [1.82, 2.24) is 14.8 Å². The summed E-state index contributed by atoms with van der Waals surface area (Å²) >= 11 is 0. The lowest BCUT2D eigenvalue weighted by Crippen LogP contribution is -2.32. The van der Waals surface area contributed by atoms with Gasteiger partial charge in [0.2, 0.25) is 0 Å². The number of hydrogen-bond acceptors (Lipinski definition) is 3. The molecule has 0 bridgehead atoms. The van der Waals surface area contributed by atoms with Gasteiger partial charge in [-0.05, 0) is 56.0 Å². The third-order valence-electron chi connectivity index (χ3n) is 5.67. The van der Waals surface area contributed by atoms with Gasteiger partial charge in [0.25, 0.3) is 5.91 Å². The van der Waals surface area contributed by atoms with Crippen molar-refractivity contribution < 1.29 is 9.53 Å². The van der Waals surface area contributed by atoms with Gasteiger partial charge in [0.15, 0.2) is 0 Å². The number of amides is 1. The van der Waals surface area contributed by atoms with Crippen molar-refractivity contribution in [3.05, 3.63) is 47.3 Å². The molecule has 3 heterocycles. The molecule has 2 saturated heterocycles. The Morgan fingerprint density at radius 1 is 1.12 bits per heavy atom. The van der Waals surface area contributed by atoms with Crippen molar-refractivity contribution in [2.75, 3.05) is 33.3 Å². The van der Waals surface area contributed by atoms with Gasteiger partial charge in [0.05, 0.1) is 12.7 Å². The number of aromatic nitrogens is 1. The first-order valence-electron chi connectivity index (χ1n) is 8.92. The van der Waals surface area contributed by atoms with Crippen molar-refractivity contribution >= 4 is 5.91 Å². The number of rotatable bonds is 3. The molecule has 0 aliphatic carbocycles. The maximum Gasteiger partial charge on any atom is 0.255 e. The smallest absolute Gasteiger partial charge is 0.255 e. The van der Waals surface area contributed by atoms with Crippen LogP contribution in [0.15, 0.2) is 30.3 Å². The molecule has 2 aromatic rings. The fraction of sp³-hybridized carbons (Fsp3) is 0.450. The second-order valence-electron chi connectivity index (χ2n) is 7.21. The summed E-state index contributed by atoms with van der Waals surface area (Å²) in [5.41, 5.74) is 3.95. The van der Waals surface area contributed by atoms with E-state index in [0.29, 0.717) is 11.8 Å².